The normalized spacial score (nSPS) is 17.0. The molecule has 202 valence electrons. The van der Waals surface area contributed by atoms with Crippen LogP contribution in [0.2, 0.25) is 0 Å². The number of aliphatic imine (C=N–C) groups is 1. The number of nitrogens with zero attached hydrogens (tertiary/aromatic N) is 1. The van der Waals surface area contributed by atoms with Crippen LogP contribution in [0.5, 0.6) is 0 Å². The van der Waals surface area contributed by atoms with Gasteiger partial charge in [0.25, 0.3) is 0 Å². The first-order chi connectivity index (χ1) is 16.3. The largest absolute Gasteiger partial charge is 0.480 e. The maximum atomic E-state index is 13.1. The second-order valence-corrected chi connectivity index (χ2v) is 8.86. The van der Waals surface area contributed by atoms with Gasteiger partial charge < -0.3 is 43.4 Å². The fourth-order valence-electron chi connectivity index (χ4n) is 3.14. The van der Waals surface area contributed by atoms with Gasteiger partial charge in [0.05, 0.1) is 6.10 Å². The fraction of sp³-hybridized carbons (Fsp3) is 0.773. The third-order valence-electron chi connectivity index (χ3n) is 5.97. The van der Waals surface area contributed by atoms with Crippen LogP contribution in [0.1, 0.15) is 60.3 Å². The number of nitrogens with two attached hydrogens (primary N) is 3. The first-order valence-electron chi connectivity index (χ1n) is 11.9. The predicted molar refractivity (Wildman–Crippen MR) is 132 cm³/mol. The zero-order chi connectivity index (χ0) is 27.3. The summed E-state index contributed by atoms with van der Waals surface area (Å²) in [6.07, 6.45) is 0.363. The molecule has 0 aliphatic heterocycles. The van der Waals surface area contributed by atoms with E-state index in [1.54, 1.807) is 20.8 Å². The second kappa shape index (κ2) is 15.9. The predicted octanol–water partition coefficient (Wildman–Crippen LogP) is -1.62. The van der Waals surface area contributed by atoms with Gasteiger partial charge in [-0.25, -0.2) is 4.79 Å². The van der Waals surface area contributed by atoms with Gasteiger partial charge in [0.2, 0.25) is 17.7 Å². The molecule has 7 unspecified atom stereocenters. The molecular formula is C22H43N7O6. The Morgan fingerprint density at radius 1 is 0.857 bits per heavy atom. The highest BCUT2D eigenvalue weighted by Gasteiger charge is 2.33. The quantitative estimate of drug-likeness (QED) is 0.0688. The molecule has 35 heavy (non-hydrogen) atoms. The number of rotatable bonds is 16. The molecule has 7 atom stereocenters. The molecular weight excluding hydrogens is 458 g/mol. The Morgan fingerprint density at radius 2 is 1.37 bits per heavy atom. The lowest BCUT2D eigenvalue weighted by molar-refractivity contribution is -0.144. The molecule has 0 saturated heterocycles. The van der Waals surface area contributed by atoms with E-state index in [1.807, 2.05) is 6.92 Å². The SMILES string of the molecule is CCC(C)C(NC(=O)C(CCCN=C(N)N)NC(=O)C(NC(=O)C(N)C(C)O)C(C)CC)C(=O)O. The molecule has 0 fully saturated rings. The number of aliphatic hydroxyl groups is 1. The summed E-state index contributed by atoms with van der Waals surface area (Å²) in [5.41, 5.74) is 16.3. The van der Waals surface area contributed by atoms with E-state index in [0.29, 0.717) is 19.3 Å². The summed E-state index contributed by atoms with van der Waals surface area (Å²) in [6, 6.07) is -4.51. The standard InChI is InChI=1S/C22H43N7O6/c1-6-11(3)16(28-19(32)15(23)13(5)30)20(33)27-14(9-8-10-26-22(24)25)18(31)29-17(21(34)35)12(4)7-2/h11-17,30H,6-10,23H2,1-5H3,(H,27,33)(H,28,32)(H,29,31)(H,34,35)(H4,24,25,26). The number of carbonyl (C=O) groups excluding carboxylic acids is 3. The van der Waals surface area contributed by atoms with Crippen molar-refractivity contribution in [3.63, 3.8) is 0 Å². The molecule has 0 aliphatic rings. The van der Waals surface area contributed by atoms with Crippen molar-refractivity contribution in [1.29, 1.82) is 0 Å². The van der Waals surface area contributed by atoms with Crippen LogP contribution in [0.4, 0.5) is 0 Å². The number of carbonyl (C=O) groups is 4. The lowest BCUT2D eigenvalue weighted by Gasteiger charge is -2.29. The number of hydrogen-bond donors (Lipinski definition) is 8. The van der Waals surface area contributed by atoms with Gasteiger partial charge in [-0.15, -0.1) is 0 Å². The van der Waals surface area contributed by atoms with Crippen LogP contribution in [0.25, 0.3) is 0 Å². The lowest BCUT2D eigenvalue weighted by atomic mass is 9.96. The van der Waals surface area contributed by atoms with Crippen molar-refractivity contribution in [2.75, 3.05) is 6.54 Å². The number of guanidine groups is 1. The van der Waals surface area contributed by atoms with Gasteiger partial charge in [0, 0.05) is 6.54 Å². The van der Waals surface area contributed by atoms with Crippen molar-refractivity contribution in [2.24, 2.45) is 34.0 Å². The maximum absolute atomic E-state index is 13.1. The van der Waals surface area contributed by atoms with Crippen molar-refractivity contribution >= 4 is 29.7 Å². The molecule has 0 spiro atoms. The fourth-order valence-corrected chi connectivity index (χ4v) is 3.14. The molecule has 0 rings (SSSR count). The zero-order valence-corrected chi connectivity index (χ0v) is 21.3. The molecule has 0 aromatic heterocycles. The minimum Gasteiger partial charge on any atom is -0.480 e. The second-order valence-electron chi connectivity index (χ2n) is 8.86. The Balaban J connectivity index is 5.74. The highest BCUT2D eigenvalue weighted by Crippen LogP contribution is 2.12. The molecule has 0 heterocycles. The van der Waals surface area contributed by atoms with Crippen LogP contribution in [0.3, 0.4) is 0 Å². The van der Waals surface area contributed by atoms with E-state index in [1.165, 1.54) is 6.92 Å². The average molecular weight is 502 g/mol. The lowest BCUT2D eigenvalue weighted by Crippen LogP contribution is -2.60. The number of aliphatic carboxylic acids is 1. The molecule has 13 heteroatoms. The van der Waals surface area contributed by atoms with Crippen molar-refractivity contribution in [2.45, 2.75) is 90.6 Å². The van der Waals surface area contributed by atoms with Crippen LogP contribution >= 0.6 is 0 Å². The van der Waals surface area contributed by atoms with Gasteiger partial charge >= 0.3 is 5.97 Å². The van der Waals surface area contributed by atoms with Crippen LogP contribution < -0.4 is 33.2 Å². The van der Waals surface area contributed by atoms with Crippen LogP contribution in [0.15, 0.2) is 4.99 Å². The highest BCUT2D eigenvalue weighted by atomic mass is 16.4. The van der Waals surface area contributed by atoms with Crippen molar-refractivity contribution in [3.05, 3.63) is 0 Å². The van der Waals surface area contributed by atoms with E-state index in [0.717, 1.165) is 0 Å². The van der Waals surface area contributed by atoms with Gasteiger partial charge in [-0.05, 0) is 31.6 Å². The highest BCUT2D eigenvalue weighted by molar-refractivity contribution is 5.94. The van der Waals surface area contributed by atoms with E-state index in [2.05, 4.69) is 20.9 Å². The summed E-state index contributed by atoms with van der Waals surface area (Å²) in [5, 5.41) is 26.8. The number of nitrogens with one attached hydrogen (secondary N) is 3. The van der Waals surface area contributed by atoms with Crippen LogP contribution in [-0.2, 0) is 19.2 Å². The average Bonchev–Trinajstić information content (AvgIpc) is 2.80. The summed E-state index contributed by atoms with van der Waals surface area (Å²) >= 11 is 0. The Hall–Kier alpha value is -2.93. The van der Waals surface area contributed by atoms with Crippen LogP contribution in [-0.4, -0.2) is 76.7 Å². The Morgan fingerprint density at radius 3 is 1.83 bits per heavy atom. The monoisotopic (exact) mass is 501 g/mol. The molecule has 3 amide bonds. The summed E-state index contributed by atoms with van der Waals surface area (Å²) < 4.78 is 0. The zero-order valence-electron chi connectivity index (χ0n) is 21.3. The molecule has 0 aliphatic carbocycles. The third-order valence-corrected chi connectivity index (χ3v) is 5.97. The number of hydrogen-bond acceptors (Lipinski definition) is 7. The Labute approximate surface area is 206 Å². The van der Waals surface area contributed by atoms with Gasteiger partial charge in [0.15, 0.2) is 5.96 Å². The van der Waals surface area contributed by atoms with Crippen molar-refractivity contribution in [1.82, 2.24) is 16.0 Å². The number of carboxylic acid groups (broad SMARTS) is 1. The van der Waals surface area contributed by atoms with Gasteiger partial charge in [-0.3, -0.25) is 19.4 Å². The Kier molecular flexibility index (Phi) is 14.5. The molecule has 0 bridgehead atoms. The van der Waals surface area contributed by atoms with E-state index in [-0.39, 0.29) is 30.8 Å². The number of carboxylic acids is 1. The van der Waals surface area contributed by atoms with E-state index >= 15 is 0 Å². The molecule has 0 aromatic rings. The van der Waals surface area contributed by atoms with Gasteiger partial charge in [-0.2, -0.15) is 0 Å². The molecule has 0 saturated carbocycles. The first-order valence-corrected chi connectivity index (χ1v) is 11.9. The van der Waals surface area contributed by atoms with E-state index in [9.17, 15) is 29.4 Å². The van der Waals surface area contributed by atoms with E-state index < -0.39 is 54.0 Å². The molecule has 0 aromatic carbocycles. The summed E-state index contributed by atoms with van der Waals surface area (Å²) in [7, 11) is 0. The minimum absolute atomic E-state index is 0.119. The molecule has 13 nitrogen and oxygen atoms in total. The Bertz CT molecular complexity index is 742. The third kappa shape index (κ3) is 11.4. The smallest absolute Gasteiger partial charge is 0.326 e. The minimum atomic E-state index is -1.24. The topological polar surface area (TPSA) is 235 Å². The molecule has 11 N–H and O–H groups in total. The number of aliphatic hydroxyl groups excluding tert-OH is 1. The van der Waals surface area contributed by atoms with Crippen LogP contribution in [0, 0.1) is 11.8 Å². The first kappa shape index (κ1) is 32.1. The van der Waals surface area contributed by atoms with Crippen molar-refractivity contribution in [3.8, 4) is 0 Å². The summed E-state index contributed by atoms with van der Waals surface area (Å²) in [4.78, 5) is 54.1. The van der Waals surface area contributed by atoms with Gasteiger partial charge in [0.1, 0.15) is 24.2 Å². The number of amides is 3. The molecule has 0 radical (unpaired) electrons. The summed E-state index contributed by atoms with van der Waals surface area (Å²) in [6.45, 7) is 8.63. The summed E-state index contributed by atoms with van der Waals surface area (Å²) in [5.74, 6) is -3.99. The van der Waals surface area contributed by atoms with Crippen molar-refractivity contribution < 1.29 is 29.4 Å². The van der Waals surface area contributed by atoms with Gasteiger partial charge in [-0.1, -0.05) is 40.5 Å². The van der Waals surface area contributed by atoms with E-state index in [4.69, 9.17) is 17.2 Å². The maximum Gasteiger partial charge on any atom is 0.326 e.